The third-order valence-electron chi connectivity index (χ3n) is 4.63. The normalized spacial score (nSPS) is 18.5. The lowest BCUT2D eigenvalue weighted by Crippen LogP contribution is -2.39. The fourth-order valence-electron chi connectivity index (χ4n) is 3.32. The summed E-state index contributed by atoms with van der Waals surface area (Å²) in [6, 6.07) is 1.75. The van der Waals surface area contributed by atoms with Crippen molar-refractivity contribution in [1.29, 1.82) is 0 Å². The van der Waals surface area contributed by atoms with Gasteiger partial charge in [0, 0.05) is 37.7 Å². The van der Waals surface area contributed by atoms with Crippen molar-refractivity contribution in [3.8, 4) is 0 Å². The van der Waals surface area contributed by atoms with Gasteiger partial charge in [-0.15, -0.1) is 5.10 Å². The molecule has 2 N–H and O–H groups in total. The molecule has 10 heteroatoms. The Morgan fingerprint density at radius 1 is 1.43 bits per heavy atom. The van der Waals surface area contributed by atoms with Gasteiger partial charge in [0.1, 0.15) is 11.9 Å². The summed E-state index contributed by atoms with van der Waals surface area (Å²) >= 11 is 0. The molecule has 0 aromatic carbocycles. The lowest BCUT2D eigenvalue weighted by molar-refractivity contribution is -0.0398. The summed E-state index contributed by atoms with van der Waals surface area (Å²) in [5, 5.41) is 11.9. The number of hydrogen-bond donors (Lipinski definition) is 1. The van der Waals surface area contributed by atoms with Crippen molar-refractivity contribution in [1.82, 2.24) is 25.1 Å². The van der Waals surface area contributed by atoms with Crippen LogP contribution in [0.5, 0.6) is 0 Å². The van der Waals surface area contributed by atoms with Crippen LogP contribution in [0.3, 0.4) is 0 Å². The van der Waals surface area contributed by atoms with Crippen LogP contribution >= 0.6 is 0 Å². The lowest BCUT2D eigenvalue weighted by Gasteiger charge is -2.32. The van der Waals surface area contributed by atoms with E-state index in [1.807, 2.05) is 20.8 Å². The SMILES string of the molecule is COCCn1nnnc1[C@H]1CN(Cc2cc(C(N)=O)oc2C(C)(C)C)CCO1. The highest BCUT2D eigenvalue weighted by atomic mass is 16.5. The van der Waals surface area contributed by atoms with E-state index in [9.17, 15) is 4.79 Å². The molecule has 0 radical (unpaired) electrons. The van der Waals surface area contributed by atoms with Gasteiger partial charge in [0.25, 0.3) is 5.91 Å². The molecule has 0 aliphatic carbocycles. The van der Waals surface area contributed by atoms with Crippen LogP contribution in [-0.4, -0.2) is 64.4 Å². The predicted molar refractivity (Wildman–Crippen MR) is 99.6 cm³/mol. The number of tetrazole rings is 1. The van der Waals surface area contributed by atoms with E-state index in [-0.39, 0.29) is 17.3 Å². The minimum Gasteiger partial charge on any atom is -0.455 e. The fourth-order valence-corrected chi connectivity index (χ4v) is 3.32. The molecule has 0 unspecified atom stereocenters. The number of nitrogens with two attached hydrogens (primary N) is 1. The monoisotopic (exact) mass is 392 g/mol. The Labute approximate surface area is 163 Å². The van der Waals surface area contributed by atoms with Gasteiger partial charge >= 0.3 is 0 Å². The number of primary amides is 1. The predicted octanol–water partition coefficient (Wildman–Crippen LogP) is 0.882. The molecule has 154 valence electrons. The fraction of sp³-hybridized carbons (Fsp3) is 0.667. The highest BCUT2D eigenvalue weighted by Crippen LogP contribution is 2.31. The Kier molecular flexibility index (Phi) is 6.11. The van der Waals surface area contributed by atoms with Gasteiger partial charge in [0.05, 0.1) is 19.8 Å². The number of furan rings is 1. The maximum Gasteiger partial charge on any atom is 0.284 e. The minimum absolute atomic E-state index is 0.188. The molecule has 1 saturated heterocycles. The average Bonchev–Trinajstić information content (AvgIpc) is 3.26. The molecule has 1 aliphatic heterocycles. The molecule has 3 rings (SSSR count). The van der Waals surface area contributed by atoms with E-state index in [0.717, 1.165) is 17.9 Å². The van der Waals surface area contributed by atoms with Gasteiger partial charge < -0.3 is 19.6 Å². The zero-order valence-corrected chi connectivity index (χ0v) is 16.8. The first-order valence-corrected chi connectivity index (χ1v) is 9.31. The Hall–Kier alpha value is -2.30. The topological polar surface area (TPSA) is 122 Å². The third kappa shape index (κ3) is 4.57. The lowest BCUT2D eigenvalue weighted by atomic mass is 9.90. The highest BCUT2D eigenvalue weighted by Gasteiger charge is 2.30. The summed E-state index contributed by atoms with van der Waals surface area (Å²) in [6.07, 6.45) is -0.235. The second-order valence-corrected chi connectivity index (χ2v) is 7.93. The zero-order chi connectivity index (χ0) is 20.3. The van der Waals surface area contributed by atoms with E-state index in [4.69, 9.17) is 19.6 Å². The Balaban J connectivity index is 1.76. The zero-order valence-electron chi connectivity index (χ0n) is 16.8. The summed E-state index contributed by atoms with van der Waals surface area (Å²) in [5.74, 6) is 1.08. The van der Waals surface area contributed by atoms with Crippen LogP contribution in [0.15, 0.2) is 10.5 Å². The number of aromatic nitrogens is 4. The van der Waals surface area contributed by atoms with Crippen molar-refractivity contribution in [2.45, 2.75) is 45.4 Å². The first-order chi connectivity index (χ1) is 13.3. The summed E-state index contributed by atoms with van der Waals surface area (Å²) in [6.45, 7) is 9.82. The molecule has 3 heterocycles. The van der Waals surface area contributed by atoms with Crippen LogP contribution in [0.2, 0.25) is 0 Å². The number of amides is 1. The molecule has 0 bridgehead atoms. The number of morpholine rings is 1. The maximum atomic E-state index is 11.6. The van der Waals surface area contributed by atoms with Crippen molar-refractivity contribution in [2.75, 3.05) is 33.4 Å². The number of hydrogen-bond acceptors (Lipinski definition) is 8. The number of rotatable bonds is 7. The van der Waals surface area contributed by atoms with E-state index >= 15 is 0 Å². The first-order valence-electron chi connectivity index (χ1n) is 9.31. The van der Waals surface area contributed by atoms with Gasteiger partial charge in [0.2, 0.25) is 0 Å². The molecular weight excluding hydrogens is 364 g/mol. The smallest absolute Gasteiger partial charge is 0.284 e. The Morgan fingerprint density at radius 3 is 2.89 bits per heavy atom. The van der Waals surface area contributed by atoms with Crippen LogP contribution in [0.25, 0.3) is 0 Å². The molecule has 0 spiro atoms. The second-order valence-electron chi connectivity index (χ2n) is 7.93. The van der Waals surface area contributed by atoms with Crippen molar-refractivity contribution in [3.63, 3.8) is 0 Å². The number of methoxy groups -OCH3 is 1. The molecule has 1 atom stereocenters. The highest BCUT2D eigenvalue weighted by molar-refractivity contribution is 5.90. The van der Waals surface area contributed by atoms with E-state index in [0.29, 0.717) is 38.7 Å². The molecule has 0 saturated carbocycles. The standard InChI is InChI=1S/C18H28N6O4/c1-18(2,3)15-12(9-13(28-15)16(19)25)10-23-5-8-27-14(11-23)17-20-21-22-24(17)6-7-26-4/h9,14H,5-8,10-11H2,1-4H3,(H2,19,25)/t14-/m1/s1. The first kappa shape index (κ1) is 20.4. The number of carbonyl (C=O) groups is 1. The van der Waals surface area contributed by atoms with E-state index in [1.54, 1.807) is 17.9 Å². The van der Waals surface area contributed by atoms with Crippen molar-refractivity contribution in [3.05, 3.63) is 29.0 Å². The summed E-state index contributed by atoms with van der Waals surface area (Å²) in [7, 11) is 1.64. The number of nitrogens with zero attached hydrogens (tertiary/aromatic N) is 5. The Bertz CT molecular complexity index is 809. The minimum atomic E-state index is -0.561. The van der Waals surface area contributed by atoms with Crippen LogP contribution in [0.1, 0.15) is 54.6 Å². The Morgan fingerprint density at radius 2 is 2.21 bits per heavy atom. The van der Waals surface area contributed by atoms with Crippen molar-refractivity contribution in [2.24, 2.45) is 5.73 Å². The van der Waals surface area contributed by atoms with Crippen LogP contribution in [0, 0.1) is 0 Å². The molecule has 1 aliphatic rings. The van der Waals surface area contributed by atoms with Crippen LogP contribution < -0.4 is 5.73 Å². The van der Waals surface area contributed by atoms with Gasteiger partial charge in [-0.1, -0.05) is 20.8 Å². The molecule has 2 aromatic rings. The molecule has 1 fully saturated rings. The maximum absolute atomic E-state index is 11.6. The van der Waals surface area contributed by atoms with Gasteiger partial charge in [-0.05, 0) is 16.5 Å². The van der Waals surface area contributed by atoms with Crippen LogP contribution in [-0.2, 0) is 28.0 Å². The number of carbonyl (C=O) groups excluding carboxylic acids is 1. The van der Waals surface area contributed by atoms with Gasteiger partial charge in [-0.3, -0.25) is 9.69 Å². The molecular formula is C18H28N6O4. The van der Waals surface area contributed by atoms with Gasteiger partial charge in [-0.2, -0.15) is 0 Å². The van der Waals surface area contributed by atoms with Crippen molar-refractivity contribution >= 4 is 5.91 Å². The van der Waals surface area contributed by atoms with E-state index in [2.05, 4.69) is 20.4 Å². The summed E-state index contributed by atoms with van der Waals surface area (Å²) in [4.78, 5) is 13.8. The molecule has 28 heavy (non-hydrogen) atoms. The average molecular weight is 392 g/mol. The van der Waals surface area contributed by atoms with Crippen LogP contribution in [0.4, 0.5) is 0 Å². The molecule has 1 amide bonds. The largest absolute Gasteiger partial charge is 0.455 e. The second kappa shape index (κ2) is 8.38. The number of ether oxygens (including phenoxy) is 2. The summed E-state index contributed by atoms with van der Waals surface area (Å²) < 4.78 is 18.5. The van der Waals surface area contributed by atoms with Crippen molar-refractivity contribution < 1.29 is 18.7 Å². The molecule has 2 aromatic heterocycles. The van der Waals surface area contributed by atoms with Gasteiger partial charge in [0.15, 0.2) is 11.6 Å². The quantitative estimate of drug-likeness (QED) is 0.737. The molecule has 10 nitrogen and oxygen atoms in total. The summed E-state index contributed by atoms with van der Waals surface area (Å²) in [5.41, 5.74) is 6.14. The van der Waals surface area contributed by atoms with Gasteiger partial charge in [-0.25, -0.2) is 4.68 Å². The van der Waals surface area contributed by atoms with E-state index in [1.165, 1.54) is 0 Å². The van der Waals surface area contributed by atoms with E-state index < -0.39 is 5.91 Å². The third-order valence-corrected chi connectivity index (χ3v) is 4.63.